The van der Waals surface area contributed by atoms with Crippen molar-refractivity contribution in [3.8, 4) is 5.75 Å². The Morgan fingerprint density at radius 3 is 3.05 bits per heavy atom. The van der Waals surface area contributed by atoms with Crippen LogP contribution in [0.5, 0.6) is 5.75 Å². The van der Waals surface area contributed by atoms with Gasteiger partial charge in [-0.25, -0.2) is 0 Å². The molecule has 1 aromatic carbocycles. The summed E-state index contributed by atoms with van der Waals surface area (Å²) in [5.41, 5.74) is 3.15. The van der Waals surface area contributed by atoms with Crippen molar-refractivity contribution in [1.82, 2.24) is 9.78 Å². The number of rotatable bonds is 3. The largest absolute Gasteiger partial charge is 0.494 e. The Bertz CT molecular complexity index is 691. The average molecular weight is 285 g/mol. The third-order valence-electron chi connectivity index (χ3n) is 3.84. The highest BCUT2D eigenvalue weighted by atomic mass is 16.5. The van der Waals surface area contributed by atoms with Crippen LogP contribution < -0.4 is 10.1 Å². The third-order valence-corrected chi connectivity index (χ3v) is 3.84. The molecule has 3 rings (SSSR count). The molecule has 1 N–H and O–H groups in total. The van der Waals surface area contributed by atoms with Gasteiger partial charge in [-0.2, -0.15) is 5.10 Å². The smallest absolute Gasteiger partial charge is 0.226 e. The van der Waals surface area contributed by atoms with E-state index in [2.05, 4.69) is 10.4 Å². The van der Waals surface area contributed by atoms with Gasteiger partial charge < -0.3 is 10.1 Å². The average Bonchev–Trinajstić information content (AvgIpc) is 2.74. The number of nitrogens with zero attached hydrogens (tertiary/aromatic N) is 2. The molecule has 1 aliphatic heterocycles. The number of ether oxygens (including phenoxy) is 1. The number of hydrogen-bond acceptors (Lipinski definition) is 3. The number of benzene rings is 1. The SMILES string of the molecule is CCOc1cccc([C@H]2CC(=O)Nc3c2c(C)nn3C)c1. The number of anilines is 1. The molecule has 2 heterocycles. The van der Waals surface area contributed by atoms with Gasteiger partial charge in [0.2, 0.25) is 5.91 Å². The zero-order chi connectivity index (χ0) is 15.0. The predicted octanol–water partition coefficient (Wildman–Crippen LogP) is 2.60. The summed E-state index contributed by atoms with van der Waals surface area (Å²) in [6.07, 6.45) is 0.440. The van der Waals surface area contributed by atoms with Gasteiger partial charge in [0.25, 0.3) is 0 Å². The van der Waals surface area contributed by atoms with Crippen LogP contribution in [-0.2, 0) is 11.8 Å². The topological polar surface area (TPSA) is 56.1 Å². The Morgan fingerprint density at radius 2 is 2.29 bits per heavy atom. The number of hydrogen-bond donors (Lipinski definition) is 1. The minimum absolute atomic E-state index is 0.0253. The lowest BCUT2D eigenvalue weighted by Crippen LogP contribution is -2.24. The molecular weight excluding hydrogens is 266 g/mol. The van der Waals surface area contributed by atoms with Crippen LogP contribution in [0, 0.1) is 6.92 Å². The van der Waals surface area contributed by atoms with Crippen molar-refractivity contribution in [2.45, 2.75) is 26.2 Å². The lowest BCUT2D eigenvalue weighted by atomic mass is 9.86. The van der Waals surface area contributed by atoms with Crippen molar-refractivity contribution >= 4 is 11.7 Å². The van der Waals surface area contributed by atoms with Crippen LogP contribution in [0.3, 0.4) is 0 Å². The van der Waals surface area contributed by atoms with Gasteiger partial charge >= 0.3 is 0 Å². The maximum Gasteiger partial charge on any atom is 0.226 e. The summed E-state index contributed by atoms with van der Waals surface area (Å²) in [6.45, 7) is 4.57. The van der Waals surface area contributed by atoms with Gasteiger partial charge in [0.05, 0.1) is 12.3 Å². The molecule has 1 atom stereocenters. The summed E-state index contributed by atoms with van der Waals surface area (Å²) in [7, 11) is 1.85. The van der Waals surface area contributed by atoms with Crippen LogP contribution in [0.2, 0.25) is 0 Å². The Morgan fingerprint density at radius 1 is 1.48 bits per heavy atom. The second-order valence-electron chi connectivity index (χ2n) is 5.28. The maximum atomic E-state index is 12.0. The van der Waals surface area contributed by atoms with Gasteiger partial charge in [0, 0.05) is 24.9 Å². The van der Waals surface area contributed by atoms with Gasteiger partial charge in [-0.3, -0.25) is 9.48 Å². The number of aryl methyl sites for hydroxylation is 2. The van der Waals surface area contributed by atoms with Gasteiger partial charge in [-0.15, -0.1) is 0 Å². The number of carbonyl (C=O) groups is 1. The molecule has 0 saturated heterocycles. The predicted molar refractivity (Wildman–Crippen MR) is 80.6 cm³/mol. The van der Waals surface area contributed by atoms with Crippen LogP contribution in [-0.4, -0.2) is 22.3 Å². The van der Waals surface area contributed by atoms with E-state index in [9.17, 15) is 4.79 Å². The molecule has 0 unspecified atom stereocenters. The van der Waals surface area contributed by atoms with Gasteiger partial charge in [0.15, 0.2) is 0 Å². The summed E-state index contributed by atoms with van der Waals surface area (Å²) in [6, 6.07) is 7.97. The molecule has 0 aliphatic carbocycles. The fraction of sp³-hybridized carbons (Fsp3) is 0.375. The van der Waals surface area contributed by atoms with Crippen molar-refractivity contribution in [3.05, 3.63) is 41.1 Å². The molecule has 0 radical (unpaired) electrons. The molecule has 110 valence electrons. The number of amides is 1. The van der Waals surface area contributed by atoms with E-state index in [0.29, 0.717) is 13.0 Å². The summed E-state index contributed by atoms with van der Waals surface area (Å²) >= 11 is 0. The van der Waals surface area contributed by atoms with Crippen molar-refractivity contribution in [3.63, 3.8) is 0 Å². The summed E-state index contributed by atoms with van der Waals surface area (Å²) in [4.78, 5) is 12.0. The fourth-order valence-corrected chi connectivity index (χ4v) is 2.98. The molecule has 0 bridgehead atoms. The lowest BCUT2D eigenvalue weighted by molar-refractivity contribution is -0.116. The summed E-state index contributed by atoms with van der Waals surface area (Å²) in [5, 5.41) is 7.35. The standard InChI is InChI=1S/C16H19N3O2/c1-4-21-12-7-5-6-11(8-12)13-9-14(20)17-16-15(13)10(2)18-19(16)3/h5-8,13H,4,9H2,1-3H3,(H,17,20)/t13-/m1/s1. The zero-order valence-corrected chi connectivity index (χ0v) is 12.5. The molecule has 1 aliphatic rings. The van der Waals surface area contributed by atoms with Crippen LogP contribution in [0.4, 0.5) is 5.82 Å². The molecule has 5 heteroatoms. The van der Waals surface area contributed by atoms with Crippen LogP contribution in [0.15, 0.2) is 24.3 Å². The molecule has 0 spiro atoms. The molecular formula is C16H19N3O2. The highest BCUT2D eigenvalue weighted by molar-refractivity contribution is 5.94. The first-order valence-corrected chi connectivity index (χ1v) is 7.16. The van der Waals surface area contributed by atoms with Gasteiger partial charge in [-0.1, -0.05) is 12.1 Å². The number of fused-ring (bicyclic) bond motifs is 1. The molecule has 21 heavy (non-hydrogen) atoms. The monoisotopic (exact) mass is 285 g/mol. The minimum Gasteiger partial charge on any atom is -0.494 e. The summed E-state index contributed by atoms with van der Waals surface area (Å²) in [5.74, 6) is 1.69. The minimum atomic E-state index is 0.0253. The molecule has 2 aromatic rings. The number of carbonyl (C=O) groups excluding carboxylic acids is 1. The van der Waals surface area contributed by atoms with Crippen molar-refractivity contribution < 1.29 is 9.53 Å². The Hall–Kier alpha value is -2.30. The lowest BCUT2D eigenvalue weighted by Gasteiger charge is -2.24. The van der Waals surface area contributed by atoms with Gasteiger partial charge in [-0.05, 0) is 31.5 Å². The molecule has 5 nitrogen and oxygen atoms in total. The second kappa shape index (κ2) is 5.24. The summed E-state index contributed by atoms with van der Waals surface area (Å²) < 4.78 is 7.30. The van der Waals surface area contributed by atoms with Crippen LogP contribution >= 0.6 is 0 Å². The van der Waals surface area contributed by atoms with Gasteiger partial charge in [0.1, 0.15) is 11.6 Å². The normalized spacial score (nSPS) is 17.3. The highest BCUT2D eigenvalue weighted by Gasteiger charge is 2.31. The molecule has 0 fully saturated rings. The number of nitrogens with one attached hydrogen (secondary N) is 1. The third kappa shape index (κ3) is 2.39. The van der Waals surface area contributed by atoms with E-state index in [1.54, 1.807) is 4.68 Å². The second-order valence-corrected chi connectivity index (χ2v) is 5.28. The molecule has 1 aromatic heterocycles. The van der Waals surface area contributed by atoms with E-state index in [1.165, 1.54) is 0 Å². The maximum absolute atomic E-state index is 12.0. The van der Waals surface area contributed by atoms with E-state index in [-0.39, 0.29) is 11.8 Å². The van der Waals surface area contributed by atoms with E-state index in [1.807, 2.05) is 45.2 Å². The van der Waals surface area contributed by atoms with Crippen molar-refractivity contribution in [2.24, 2.45) is 7.05 Å². The fourth-order valence-electron chi connectivity index (χ4n) is 2.98. The van der Waals surface area contributed by atoms with E-state index in [0.717, 1.165) is 28.4 Å². The van der Waals surface area contributed by atoms with Crippen molar-refractivity contribution in [2.75, 3.05) is 11.9 Å². The quantitative estimate of drug-likeness (QED) is 0.943. The molecule has 1 amide bonds. The van der Waals surface area contributed by atoms with Crippen LogP contribution in [0.1, 0.15) is 36.1 Å². The van der Waals surface area contributed by atoms with Crippen molar-refractivity contribution in [1.29, 1.82) is 0 Å². The van der Waals surface area contributed by atoms with E-state index < -0.39 is 0 Å². The van der Waals surface area contributed by atoms with E-state index in [4.69, 9.17) is 4.74 Å². The molecule has 0 saturated carbocycles. The first kappa shape index (κ1) is 13.7. The van der Waals surface area contributed by atoms with E-state index >= 15 is 0 Å². The zero-order valence-electron chi connectivity index (χ0n) is 12.5. The Kier molecular flexibility index (Phi) is 3.41. The number of aromatic nitrogens is 2. The Labute approximate surface area is 123 Å². The first-order valence-electron chi connectivity index (χ1n) is 7.16. The van der Waals surface area contributed by atoms with Crippen LogP contribution in [0.25, 0.3) is 0 Å². The highest BCUT2D eigenvalue weighted by Crippen LogP contribution is 2.39. The Balaban J connectivity index is 2.07. The first-order chi connectivity index (χ1) is 10.1.